The fraction of sp³-hybridized carbons (Fsp3) is 0.278. The van der Waals surface area contributed by atoms with E-state index in [2.05, 4.69) is 6.07 Å². The van der Waals surface area contributed by atoms with Crippen LogP contribution in [0.2, 0.25) is 0 Å². The summed E-state index contributed by atoms with van der Waals surface area (Å²) in [4.78, 5) is 12.4. The normalized spacial score (nSPS) is 19.1. The molecule has 0 aromatic heterocycles. The van der Waals surface area contributed by atoms with E-state index in [9.17, 15) is 4.79 Å². The summed E-state index contributed by atoms with van der Waals surface area (Å²) in [5.41, 5.74) is 5.05. The van der Waals surface area contributed by atoms with Gasteiger partial charge >= 0.3 is 5.97 Å². The first-order valence-corrected chi connectivity index (χ1v) is 7.29. The lowest BCUT2D eigenvalue weighted by molar-refractivity contribution is 0.0265. The lowest BCUT2D eigenvalue weighted by atomic mass is 9.83. The molecule has 4 rings (SSSR count). The fourth-order valence-corrected chi connectivity index (χ4v) is 3.51. The fourth-order valence-electron chi connectivity index (χ4n) is 3.51. The Labute approximate surface area is 123 Å². The Morgan fingerprint density at radius 2 is 1.90 bits per heavy atom. The third kappa shape index (κ3) is 1.77. The number of esters is 1. The maximum atomic E-state index is 12.4. The molecule has 106 valence electrons. The average Bonchev–Trinajstić information content (AvgIpc) is 2.65. The van der Waals surface area contributed by atoms with E-state index < -0.39 is 0 Å². The van der Waals surface area contributed by atoms with Crippen molar-refractivity contribution in [1.29, 1.82) is 0 Å². The van der Waals surface area contributed by atoms with Crippen LogP contribution in [0.3, 0.4) is 0 Å². The molecule has 0 unspecified atom stereocenters. The standard InChI is InChI=1S/C18H16O3/c1-20-15-10-9-12-11-5-2-3-6-13(11)18(19)21-16-8-4-7-14(15)17(12)16/h2-3,5-6,9-10,16H,4,7-8H2,1H3/t16-/m0/s1. The van der Waals surface area contributed by atoms with E-state index in [0.29, 0.717) is 5.56 Å². The predicted molar refractivity (Wildman–Crippen MR) is 79.5 cm³/mol. The third-order valence-electron chi connectivity index (χ3n) is 4.44. The number of fused-ring (bicyclic) bond motifs is 2. The van der Waals surface area contributed by atoms with E-state index in [0.717, 1.165) is 41.7 Å². The Kier molecular flexibility index (Phi) is 2.74. The zero-order chi connectivity index (χ0) is 14.4. The number of methoxy groups -OCH3 is 1. The first kappa shape index (κ1) is 12.5. The first-order chi connectivity index (χ1) is 10.3. The van der Waals surface area contributed by atoms with E-state index >= 15 is 0 Å². The molecule has 0 amide bonds. The number of carbonyl (C=O) groups is 1. The highest BCUT2D eigenvalue weighted by Crippen LogP contribution is 2.46. The first-order valence-electron chi connectivity index (χ1n) is 7.29. The molecule has 3 nitrogen and oxygen atoms in total. The van der Waals surface area contributed by atoms with Gasteiger partial charge in [0.25, 0.3) is 0 Å². The minimum atomic E-state index is -0.224. The van der Waals surface area contributed by atoms with Gasteiger partial charge in [0.1, 0.15) is 11.9 Å². The van der Waals surface area contributed by atoms with Gasteiger partial charge in [0.15, 0.2) is 0 Å². The smallest absolute Gasteiger partial charge is 0.339 e. The molecule has 1 atom stereocenters. The molecule has 3 heteroatoms. The highest BCUT2D eigenvalue weighted by Gasteiger charge is 2.33. The number of hydrogen-bond donors (Lipinski definition) is 0. The van der Waals surface area contributed by atoms with Crippen LogP contribution in [0.5, 0.6) is 5.75 Å². The van der Waals surface area contributed by atoms with Gasteiger partial charge < -0.3 is 9.47 Å². The Hall–Kier alpha value is -2.29. The van der Waals surface area contributed by atoms with Crippen LogP contribution in [0.15, 0.2) is 36.4 Å². The highest BCUT2D eigenvalue weighted by molar-refractivity contribution is 5.99. The number of carbonyl (C=O) groups excluding carboxylic acids is 1. The molecule has 2 aromatic rings. The zero-order valence-electron chi connectivity index (χ0n) is 11.9. The Morgan fingerprint density at radius 1 is 1.10 bits per heavy atom. The van der Waals surface area contributed by atoms with Crippen LogP contribution in [-0.2, 0) is 11.2 Å². The van der Waals surface area contributed by atoms with Crippen LogP contribution in [0.4, 0.5) is 0 Å². The maximum absolute atomic E-state index is 12.4. The largest absolute Gasteiger partial charge is 0.496 e. The van der Waals surface area contributed by atoms with Crippen molar-refractivity contribution in [1.82, 2.24) is 0 Å². The van der Waals surface area contributed by atoms with E-state index in [1.54, 1.807) is 7.11 Å². The average molecular weight is 280 g/mol. The molecule has 0 radical (unpaired) electrons. The maximum Gasteiger partial charge on any atom is 0.339 e. The number of rotatable bonds is 1. The molecule has 0 saturated heterocycles. The van der Waals surface area contributed by atoms with Crippen LogP contribution in [0.1, 0.15) is 40.4 Å². The minimum Gasteiger partial charge on any atom is -0.496 e. The topological polar surface area (TPSA) is 35.5 Å². The lowest BCUT2D eigenvalue weighted by Crippen LogP contribution is -2.16. The van der Waals surface area contributed by atoms with Crippen molar-refractivity contribution in [2.24, 2.45) is 0 Å². The zero-order valence-corrected chi connectivity index (χ0v) is 11.9. The van der Waals surface area contributed by atoms with Crippen LogP contribution < -0.4 is 4.74 Å². The molecule has 0 spiro atoms. The summed E-state index contributed by atoms with van der Waals surface area (Å²) in [5, 5.41) is 0. The third-order valence-corrected chi connectivity index (χ3v) is 4.44. The highest BCUT2D eigenvalue weighted by atomic mass is 16.5. The SMILES string of the molecule is COc1ccc2c3c1CCC[C@@H]3OC(=O)c1ccccc1-2. The molecule has 1 heterocycles. The van der Waals surface area contributed by atoms with Gasteiger partial charge in [0.05, 0.1) is 12.7 Å². The molecular weight excluding hydrogens is 264 g/mol. The van der Waals surface area contributed by atoms with E-state index in [1.807, 2.05) is 30.3 Å². The molecule has 1 aliphatic heterocycles. The second-order valence-electron chi connectivity index (χ2n) is 5.54. The van der Waals surface area contributed by atoms with Crippen LogP contribution in [-0.4, -0.2) is 13.1 Å². The molecular formula is C18H16O3. The minimum absolute atomic E-state index is 0.154. The number of hydrogen-bond acceptors (Lipinski definition) is 3. The van der Waals surface area contributed by atoms with Crippen molar-refractivity contribution in [2.75, 3.05) is 7.11 Å². The quantitative estimate of drug-likeness (QED) is 0.743. The predicted octanol–water partition coefficient (Wildman–Crippen LogP) is 3.91. The van der Waals surface area contributed by atoms with Crippen LogP contribution in [0, 0.1) is 0 Å². The van der Waals surface area contributed by atoms with Crippen molar-refractivity contribution in [3.63, 3.8) is 0 Å². The van der Waals surface area contributed by atoms with Crippen molar-refractivity contribution < 1.29 is 14.3 Å². The van der Waals surface area contributed by atoms with Gasteiger partial charge in [-0.05, 0) is 42.5 Å². The monoisotopic (exact) mass is 280 g/mol. The van der Waals surface area contributed by atoms with Gasteiger partial charge in [-0.25, -0.2) is 4.79 Å². The van der Waals surface area contributed by atoms with Crippen molar-refractivity contribution in [2.45, 2.75) is 25.4 Å². The van der Waals surface area contributed by atoms with Gasteiger partial charge in [-0.1, -0.05) is 24.3 Å². The summed E-state index contributed by atoms with van der Waals surface area (Å²) in [5.74, 6) is 0.674. The van der Waals surface area contributed by atoms with Gasteiger partial charge in [0, 0.05) is 11.1 Å². The molecule has 0 saturated carbocycles. The molecule has 21 heavy (non-hydrogen) atoms. The van der Waals surface area contributed by atoms with Crippen LogP contribution >= 0.6 is 0 Å². The van der Waals surface area contributed by atoms with Crippen LogP contribution in [0.25, 0.3) is 11.1 Å². The van der Waals surface area contributed by atoms with E-state index in [4.69, 9.17) is 9.47 Å². The Morgan fingerprint density at radius 3 is 2.71 bits per heavy atom. The van der Waals surface area contributed by atoms with Gasteiger partial charge in [-0.2, -0.15) is 0 Å². The molecule has 2 aromatic carbocycles. The summed E-state index contributed by atoms with van der Waals surface area (Å²) in [6, 6.07) is 11.7. The van der Waals surface area contributed by atoms with Crippen molar-refractivity contribution in [3.05, 3.63) is 53.1 Å². The lowest BCUT2D eigenvalue weighted by Gasteiger charge is -2.27. The molecule has 0 fully saturated rings. The van der Waals surface area contributed by atoms with E-state index in [-0.39, 0.29) is 12.1 Å². The molecule has 0 N–H and O–H groups in total. The van der Waals surface area contributed by atoms with E-state index in [1.165, 1.54) is 5.56 Å². The van der Waals surface area contributed by atoms with Crippen molar-refractivity contribution >= 4 is 5.97 Å². The summed E-state index contributed by atoms with van der Waals surface area (Å²) >= 11 is 0. The van der Waals surface area contributed by atoms with Gasteiger partial charge in [-0.15, -0.1) is 0 Å². The Balaban J connectivity index is 2.05. The molecule has 0 bridgehead atoms. The Bertz CT molecular complexity index is 733. The summed E-state index contributed by atoms with van der Waals surface area (Å²) < 4.78 is 11.3. The number of ether oxygens (including phenoxy) is 2. The summed E-state index contributed by atoms with van der Waals surface area (Å²) in [6.07, 6.45) is 2.72. The second kappa shape index (κ2) is 4.62. The van der Waals surface area contributed by atoms with Gasteiger partial charge in [0.2, 0.25) is 0 Å². The summed E-state index contributed by atoms with van der Waals surface area (Å²) in [6.45, 7) is 0. The van der Waals surface area contributed by atoms with Crippen molar-refractivity contribution in [3.8, 4) is 16.9 Å². The molecule has 2 aliphatic rings. The molecule has 1 aliphatic carbocycles. The van der Waals surface area contributed by atoms with Gasteiger partial charge in [-0.3, -0.25) is 0 Å². The summed E-state index contributed by atoms with van der Waals surface area (Å²) in [7, 11) is 1.69. The number of benzene rings is 2. The second-order valence-corrected chi connectivity index (χ2v) is 5.54.